The molecule has 1 aliphatic heterocycles. The monoisotopic (exact) mass is 314 g/mol. The van der Waals surface area contributed by atoms with Crippen LogP contribution in [0, 0.1) is 0 Å². The highest BCUT2D eigenvalue weighted by Gasteiger charge is 2.32. The number of hydrogen-bond donors (Lipinski definition) is 3. The van der Waals surface area contributed by atoms with Crippen molar-refractivity contribution >= 4 is 0 Å². The van der Waals surface area contributed by atoms with E-state index in [4.69, 9.17) is 9.47 Å². The summed E-state index contributed by atoms with van der Waals surface area (Å²) < 4.78 is 11.6. The number of rotatable bonds is 6. The van der Waals surface area contributed by atoms with Gasteiger partial charge < -0.3 is 14.6 Å². The van der Waals surface area contributed by atoms with Gasteiger partial charge in [0, 0.05) is 18.2 Å². The first-order valence-electron chi connectivity index (χ1n) is 7.93. The molecule has 0 aliphatic carbocycles. The second-order valence-electron chi connectivity index (χ2n) is 5.54. The number of nitrogens with one attached hydrogen (secondary N) is 2. The van der Waals surface area contributed by atoms with E-state index in [1.165, 1.54) is 0 Å². The highest BCUT2D eigenvalue weighted by atomic mass is 16.5. The lowest BCUT2D eigenvalue weighted by Gasteiger charge is -2.21. The third-order valence-electron chi connectivity index (χ3n) is 3.77. The van der Waals surface area contributed by atoms with Gasteiger partial charge in [-0.25, -0.2) is 5.43 Å². The van der Waals surface area contributed by atoms with E-state index in [0.29, 0.717) is 18.9 Å². The standard InChI is InChI=1S/C18H22N2O3/c1-2-10-22-14-8-9-15(16(21)11-14)18-17(12-19-20-18)23-13-6-4-3-5-7-13/h3-9,11,17-21H,2,10,12H2,1H3. The normalized spacial score (nSPS) is 20.4. The molecule has 1 aliphatic rings. The van der Waals surface area contributed by atoms with Gasteiger partial charge in [-0.3, -0.25) is 5.43 Å². The third kappa shape index (κ3) is 3.75. The zero-order chi connectivity index (χ0) is 16.1. The van der Waals surface area contributed by atoms with Gasteiger partial charge in [0.25, 0.3) is 0 Å². The zero-order valence-electron chi connectivity index (χ0n) is 13.2. The Balaban J connectivity index is 1.74. The fourth-order valence-corrected chi connectivity index (χ4v) is 2.64. The Kier molecular flexibility index (Phi) is 5.00. The SMILES string of the molecule is CCCOc1ccc(C2NNCC2Oc2ccccc2)c(O)c1. The zero-order valence-corrected chi connectivity index (χ0v) is 13.2. The lowest BCUT2D eigenvalue weighted by molar-refractivity contribution is 0.195. The Bertz CT molecular complexity index is 633. The molecule has 5 nitrogen and oxygen atoms in total. The second-order valence-corrected chi connectivity index (χ2v) is 5.54. The second kappa shape index (κ2) is 7.35. The van der Waals surface area contributed by atoms with Gasteiger partial charge in [0.2, 0.25) is 0 Å². The van der Waals surface area contributed by atoms with Crippen molar-refractivity contribution in [2.24, 2.45) is 0 Å². The van der Waals surface area contributed by atoms with Crippen LogP contribution in [0.3, 0.4) is 0 Å². The summed E-state index contributed by atoms with van der Waals surface area (Å²) in [5.74, 6) is 1.71. The van der Waals surface area contributed by atoms with Crippen LogP contribution in [0.15, 0.2) is 48.5 Å². The molecule has 0 spiro atoms. The lowest BCUT2D eigenvalue weighted by atomic mass is 10.0. The molecule has 0 radical (unpaired) electrons. The van der Waals surface area contributed by atoms with E-state index in [1.807, 2.05) is 49.4 Å². The maximum Gasteiger partial charge on any atom is 0.133 e. The highest BCUT2D eigenvalue weighted by Crippen LogP contribution is 2.32. The molecule has 2 aromatic carbocycles. The summed E-state index contributed by atoms with van der Waals surface area (Å²) in [6.07, 6.45) is 0.828. The molecule has 1 heterocycles. The van der Waals surface area contributed by atoms with Crippen molar-refractivity contribution in [2.45, 2.75) is 25.5 Å². The van der Waals surface area contributed by atoms with Gasteiger partial charge in [0.05, 0.1) is 12.6 Å². The topological polar surface area (TPSA) is 62.8 Å². The van der Waals surface area contributed by atoms with Gasteiger partial charge in [-0.05, 0) is 30.7 Å². The van der Waals surface area contributed by atoms with Crippen LogP contribution in [0.5, 0.6) is 17.2 Å². The van der Waals surface area contributed by atoms with Gasteiger partial charge in [-0.15, -0.1) is 0 Å². The van der Waals surface area contributed by atoms with Crippen LogP contribution in [-0.4, -0.2) is 24.4 Å². The number of hydrazine groups is 1. The van der Waals surface area contributed by atoms with E-state index in [2.05, 4.69) is 10.9 Å². The van der Waals surface area contributed by atoms with Crippen LogP contribution in [0.25, 0.3) is 0 Å². The first-order valence-corrected chi connectivity index (χ1v) is 7.93. The number of aromatic hydroxyl groups is 1. The Hall–Kier alpha value is -2.24. The molecule has 2 atom stereocenters. The summed E-state index contributed by atoms with van der Waals surface area (Å²) in [5, 5.41) is 10.3. The van der Waals surface area contributed by atoms with Gasteiger partial charge in [-0.2, -0.15) is 0 Å². The predicted molar refractivity (Wildman–Crippen MR) is 88.6 cm³/mol. The van der Waals surface area contributed by atoms with Crippen LogP contribution in [-0.2, 0) is 0 Å². The summed E-state index contributed by atoms with van der Waals surface area (Å²) in [6, 6.07) is 15.0. The molecular formula is C18H22N2O3. The van der Waals surface area contributed by atoms with E-state index in [9.17, 15) is 5.11 Å². The smallest absolute Gasteiger partial charge is 0.133 e. The summed E-state index contributed by atoms with van der Waals surface area (Å²) in [4.78, 5) is 0. The quantitative estimate of drug-likeness (QED) is 0.765. The molecule has 0 amide bonds. The average molecular weight is 314 g/mol. The summed E-state index contributed by atoms with van der Waals surface area (Å²) in [5.41, 5.74) is 7.06. The van der Waals surface area contributed by atoms with Gasteiger partial charge in [-0.1, -0.05) is 25.1 Å². The maximum atomic E-state index is 10.3. The fraction of sp³-hybridized carbons (Fsp3) is 0.333. The molecule has 0 bridgehead atoms. The molecule has 23 heavy (non-hydrogen) atoms. The first kappa shape index (κ1) is 15.6. The van der Waals surface area contributed by atoms with Crippen molar-refractivity contribution < 1.29 is 14.6 Å². The Morgan fingerprint density at radius 2 is 1.96 bits per heavy atom. The molecule has 3 rings (SSSR count). The van der Waals surface area contributed by atoms with Gasteiger partial charge in [0.1, 0.15) is 23.4 Å². The maximum absolute atomic E-state index is 10.3. The minimum atomic E-state index is -0.129. The van der Waals surface area contributed by atoms with Crippen LogP contribution in [0.1, 0.15) is 24.9 Å². The minimum Gasteiger partial charge on any atom is -0.507 e. The summed E-state index contributed by atoms with van der Waals surface area (Å²) in [7, 11) is 0. The molecule has 5 heteroatoms. The molecular weight excluding hydrogens is 292 g/mol. The Morgan fingerprint density at radius 3 is 2.70 bits per heavy atom. The van der Waals surface area contributed by atoms with Crippen molar-refractivity contribution in [3.05, 3.63) is 54.1 Å². The molecule has 0 aromatic heterocycles. The van der Waals surface area contributed by atoms with Crippen LogP contribution in [0.4, 0.5) is 0 Å². The van der Waals surface area contributed by atoms with Crippen molar-refractivity contribution in [3.8, 4) is 17.2 Å². The van der Waals surface area contributed by atoms with Crippen molar-refractivity contribution in [3.63, 3.8) is 0 Å². The fourth-order valence-electron chi connectivity index (χ4n) is 2.64. The van der Waals surface area contributed by atoms with Crippen molar-refractivity contribution in [1.29, 1.82) is 0 Å². The minimum absolute atomic E-state index is 0.106. The largest absolute Gasteiger partial charge is 0.507 e. The van der Waals surface area contributed by atoms with E-state index in [-0.39, 0.29) is 17.9 Å². The number of ether oxygens (including phenoxy) is 2. The van der Waals surface area contributed by atoms with Crippen molar-refractivity contribution in [1.82, 2.24) is 10.9 Å². The number of phenolic OH excluding ortho intramolecular Hbond substituents is 1. The van der Waals surface area contributed by atoms with E-state index >= 15 is 0 Å². The molecule has 2 aromatic rings. The first-order chi connectivity index (χ1) is 11.3. The lowest BCUT2D eigenvalue weighted by Crippen LogP contribution is -2.28. The van der Waals surface area contributed by atoms with E-state index < -0.39 is 0 Å². The van der Waals surface area contributed by atoms with E-state index in [0.717, 1.165) is 17.7 Å². The van der Waals surface area contributed by atoms with Gasteiger partial charge in [0.15, 0.2) is 0 Å². The highest BCUT2D eigenvalue weighted by molar-refractivity contribution is 5.42. The third-order valence-corrected chi connectivity index (χ3v) is 3.77. The molecule has 1 saturated heterocycles. The molecule has 0 saturated carbocycles. The Morgan fingerprint density at radius 1 is 1.13 bits per heavy atom. The molecule has 122 valence electrons. The molecule has 1 fully saturated rings. The van der Waals surface area contributed by atoms with E-state index in [1.54, 1.807) is 6.07 Å². The van der Waals surface area contributed by atoms with Crippen LogP contribution in [0.2, 0.25) is 0 Å². The van der Waals surface area contributed by atoms with Crippen LogP contribution < -0.4 is 20.3 Å². The Labute approximate surface area is 136 Å². The molecule has 3 N–H and O–H groups in total. The summed E-state index contributed by atoms with van der Waals surface area (Å²) in [6.45, 7) is 3.35. The average Bonchev–Trinajstić information content (AvgIpc) is 3.02. The number of para-hydroxylation sites is 1. The number of hydrogen-bond acceptors (Lipinski definition) is 5. The molecule has 2 unspecified atom stereocenters. The number of phenols is 1. The van der Waals surface area contributed by atoms with Crippen LogP contribution >= 0.6 is 0 Å². The van der Waals surface area contributed by atoms with Gasteiger partial charge >= 0.3 is 0 Å². The predicted octanol–water partition coefficient (Wildman–Crippen LogP) is 2.78. The van der Waals surface area contributed by atoms with Crippen molar-refractivity contribution in [2.75, 3.05) is 13.2 Å². The number of benzene rings is 2. The summed E-state index contributed by atoms with van der Waals surface area (Å²) >= 11 is 0.